The summed E-state index contributed by atoms with van der Waals surface area (Å²) < 4.78 is 0. The number of nitrogens with zero attached hydrogens (tertiary/aromatic N) is 4. The molecule has 7 nitrogen and oxygen atoms in total. The SMILES string of the molecule is O=C(c1cccnc1)N1CC[C@H](c2nc(-c3ccncc3)cc(=O)[nH]2)C1. The number of hydrogen-bond acceptors (Lipinski definition) is 5. The van der Waals surface area contributed by atoms with Crippen molar-refractivity contribution in [2.24, 2.45) is 0 Å². The van der Waals surface area contributed by atoms with Gasteiger partial charge in [-0.3, -0.25) is 19.6 Å². The van der Waals surface area contributed by atoms with Gasteiger partial charge in [0.2, 0.25) is 0 Å². The van der Waals surface area contributed by atoms with E-state index >= 15 is 0 Å². The molecule has 1 aliphatic heterocycles. The zero-order chi connectivity index (χ0) is 17.9. The van der Waals surface area contributed by atoms with Crippen LogP contribution in [0.5, 0.6) is 0 Å². The van der Waals surface area contributed by atoms with Crippen LogP contribution in [-0.4, -0.2) is 43.8 Å². The third kappa shape index (κ3) is 3.23. The highest BCUT2D eigenvalue weighted by Crippen LogP contribution is 2.26. The molecule has 4 heterocycles. The van der Waals surface area contributed by atoms with Crippen LogP contribution in [-0.2, 0) is 0 Å². The fourth-order valence-corrected chi connectivity index (χ4v) is 3.18. The third-order valence-electron chi connectivity index (χ3n) is 4.51. The number of carbonyl (C=O) groups excluding carboxylic acids is 1. The molecule has 26 heavy (non-hydrogen) atoms. The summed E-state index contributed by atoms with van der Waals surface area (Å²) in [5, 5.41) is 0. The highest BCUT2D eigenvalue weighted by Gasteiger charge is 2.29. The predicted octanol–water partition coefficient (Wildman–Crippen LogP) is 1.86. The minimum atomic E-state index is -0.196. The van der Waals surface area contributed by atoms with Gasteiger partial charge < -0.3 is 9.88 Å². The summed E-state index contributed by atoms with van der Waals surface area (Å²) in [4.78, 5) is 41.9. The average Bonchev–Trinajstić information content (AvgIpc) is 3.18. The second-order valence-electron chi connectivity index (χ2n) is 6.23. The minimum absolute atomic E-state index is 0.00473. The molecule has 3 aromatic heterocycles. The zero-order valence-electron chi connectivity index (χ0n) is 14.0. The van der Waals surface area contributed by atoms with Gasteiger partial charge in [-0.1, -0.05) is 0 Å². The topological polar surface area (TPSA) is 91.8 Å². The Hall–Kier alpha value is -3.35. The van der Waals surface area contributed by atoms with Crippen LogP contribution in [0.2, 0.25) is 0 Å². The standard InChI is InChI=1S/C19H17N5O2/c25-17-10-16(13-3-7-20-8-4-13)22-18(23-17)15-5-9-24(12-15)19(26)14-2-1-6-21-11-14/h1-4,6-8,10-11,15H,5,9,12H2,(H,22,23,25)/t15-/m0/s1. The van der Waals surface area contributed by atoms with Gasteiger partial charge in [0, 0.05) is 55.4 Å². The molecule has 0 saturated carbocycles. The van der Waals surface area contributed by atoms with E-state index in [2.05, 4.69) is 19.9 Å². The van der Waals surface area contributed by atoms with E-state index in [9.17, 15) is 9.59 Å². The number of nitrogens with one attached hydrogen (secondary N) is 1. The Morgan fingerprint density at radius 3 is 2.77 bits per heavy atom. The molecule has 1 fully saturated rings. The van der Waals surface area contributed by atoms with Crippen molar-refractivity contribution in [3.8, 4) is 11.3 Å². The van der Waals surface area contributed by atoms with E-state index in [0.29, 0.717) is 30.2 Å². The Bertz CT molecular complexity index is 972. The van der Waals surface area contributed by atoms with Crippen LogP contribution in [0.3, 0.4) is 0 Å². The molecule has 7 heteroatoms. The van der Waals surface area contributed by atoms with E-state index in [0.717, 1.165) is 12.0 Å². The van der Waals surface area contributed by atoms with E-state index in [1.54, 1.807) is 41.8 Å². The van der Waals surface area contributed by atoms with Gasteiger partial charge >= 0.3 is 0 Å². The second kappa shape index (κ2) is 6.87. The van der Waals surface area contributed by atoms with Crippen molar-refractivity contribution in [2.45, 2.75) is 12.3 Å². The van der Waals surface area contributed by atoms with Crippen molar-refractivity contribution >= 4 is 5.91 Å². The number of aromatic nitrogens is 4. The maximum absolute atomic E-state index is 12.6. The summed E-state index contributed by atoms with van der Waals surface area (Å²) in [6, 6.07) is 8.62. The van der Waals surface area contributed by atoms with Crippen LogP contribution in [0.1, 0.15) is 28.5 Å². The molecule has 4 rings (SSSR count). The molecule has 1 aliphatic rings. The number of H-pyrrole nitrogens is 1. The Labute approximate surface area is 149 Å². The van der Waals surface area contributed by atoms with E-state index in [1.807, 2.05) is 12.1 Å². The Balaban J connectivity index is 1.57. The number of amides is 1. The molecule has 1 amide bonds. The van der Waals surface area contributed by atoms with Gasteiger partial charge in [-0.2, -0.15) is 0 Å². The fraction of sp³-hybridized carbons (Fsp3) is 0.211. The van der Waals surface area contributed by atoms with Crippen LogP contribution in [0.25, 0.3) is 11.3 Å². The van der Waals surface area contributed by atoms with E-state index in [-0.39, 0.29) is 17.4 Å². The number of likely N-dealkylation sites (tertiary alicyclic amines) is 1. The lowest BCUT2D eigenvalue weighted by Crippen LogP contribution is -2.29. The lowest BCUT2D eigenvalue weighted by Gasteiger charge is -2.16. The zero-order valence-corrected chi connectivity index (χ0v) is 14.0. The molecule has 1 N–H and O–H groups in total. The first-order chi connectivity index (χ1) is 12.7. The van der Waals surface area contributed by atoms with Crippen LogP contribution in [0.4, 0.5) is 0 Å². The minimum Gasteiger partial charge on any atom is -0.338 e. The number of rotatable bonds is 3. The second-order valence-corrected chi connectivity index (χ2v) is 6.23. The number of aromatic amines is 1. The molecule has 3 aromatic rings. The molecule has 0 spiro atoms. The first-order valence-corrected chi connectivity index (χ1v) is 8.41. The van der Waals surface area contributed by atoms with E-state index < -0.39 is 0 Å². The number of pyridine rings is 2. The summed E-state index contributed by atoms with van der Waals surface area (Å²) in [7, 11) is 0. The first kappa shape index (κ1) is 16.1. The van der Waals surface area contributed by atoms with Gasteiger partial charge in [-0.05, 0) is 30.7 Å². The van der Waals surface area contributed by atoms with Gasteiger partial charge in [0.1, 0.15) is 5.82 Å². The monoisotopic (exact) mass is 347 g/mol. The summed E-state index contributed by atoms with van der Waals surface area (Å²) in [5.74, 6) is 0.573. The Morgan fingerprint density at radius 2 is 2.00 bits per heavy atom. The molecule has 0 radical (unpaired) electrons. The molecule has 130 valence electrons. The van der Waals surface area contributed by atoms with Gasteiger partial charge in [0.25, 0.3) is 11.5 Å². The van der Waals surface area contributed by atoms with Crippen molar-refractivity contribution in [1.82, 2.24) is 24.8 Å². The van der Waals surface area contributed by atoms with Crippen LogP contribution in [0.15, 0.2) is 59.9 Å². The molecule has 0 aliphatic carbocycles. The number of hydrogen-bond donors (Lipinski definition) is 1. The van der Waals surface area contributed by atoms with Crippen molar-refractivity contribution in [3.63, 3.8) is 0 Å². The summed E-state index contributed by atoms with van der Waals surface area (Å²) in [5.41, 5.74) is 1.83. The van der Waals surface area contributed by atoms with Crippen LogP contribution < -0.4 is 5.56 Å². The van der Waals surface area contributed by atoms with Crippen LogP contribution >= 0.6 is 0 Å². The van der Waals surface area contributed by atoms with Crippen LogP contribution in [0, 0.1) is 0 Å². The van der Waals surface area contributed by atoms with Crippen molar-refractivity contribution in [1.29, 1.82) is 0 Å². The highest BCUT2D eigenvalue weighted by atomic mass is 16.2. The van der Waals surface area contributed by atoms with Gasteiger partial charge in [-0.25, -0.2) is 4.98 Å². The van der Waals surface area contributed by atoms with Crippen molar-refractivity contribution in [2.75, 3.05) is 13.1 Å². The lowest BCUT2D eigenvalue weighted by molar-refractivity contribution is 0.0790. The smallest absolute Gasteiger partial charge is 0.255 e. The molecular weight excluding hydrogens is 330 g/mol. The van der Waals surface area contributed by atoms with Crippen molar-refractivity contribution in [3.05, 3.63) is 76.9 Å². The third-order valence-corrected chi connectivity index (χ3v) is 4.51. The summed E-state index contributed by atoms with van der Waals surface area (Å²) in [6.45, 7) is 1.15. The normalized spacial score (nSPS) is 16.6. The maximum atomic E-state index is 12.6. The maximum Gasteiger partial charge on any atom is 0.255 e. The largest absolute Gasteiger partial charge is 0.338 e. The fourth-order valence-electron chi connectivity index (χ4n) is 3.18. The quantitative estimate of drug-likeness (QED) is 0.781. The average molecular weight is 347 g/mol. The molecule has 0 unspecified atom stereocenters. The first-order valence-electron chi connectivity index (χ1n) is 8.41. The number of carbonyl (C=O) groups is 1. The van der Waals surface area contributed by atoms with E-state index in [1.165, 1.54) is 6.07 Å². The molecular formula is C19H17N5O2. The van der Waals surface area contributed by atoms with E-state index in [4.69, 9.17) is 0 Å². The highest BCUT2D eigenvalue weighted by molar-refractivity contribution is 5.94. The summed E-state index contributed by atoms with van der Waals surface area (Å²) in [6.07, 6.45) is 7.31. The lowest BCUT2D eigenvalue weighted by atomic mass is 10.1. The molecule has 1 atom stereocenters. The molecule has 1 saturated heterocycles. The molecule has 0 aromatic carbocycles. The van der Waals surface area contributed by atoms with Gasteiger partial charge in [0.15, 0.2) is 0 Å². The Morgan fingerprint density at radius 1 is 1.15 bits per heavy atom. The molecule has 0 bridgehead atoms. The summed E-state index contributed by atoms with van der Waals surface area (Å²) >= 11 is 0. The van der Waals surface area contributed by atoms with Crippen molar-refractivity contribution < 1.29 is 4.79 Å². The Kier molecular flexibility index (Phi) is 4.27. The van der Waals surface area contributed by atoms with Gasteiger partial charge in [-0.15, -0.1) is 0 Å². The predicted molar refractivity (Wildman–Crippen MR) is 95.6 cm³/mol. The van der Waals surface area contributed by atoms with Gasteiger partial charge in [0.05, 0.1) is 11.3 Å².